The summed E-state index contributed by atoms with van der Waals surface area (Å²) in [6, 6.07) is 10.3. The second-order valence-electron chi connectivity index (χ2n) is 5.60. The molecule has 0 saturated carbocycles. The third-order valence-electron chi connectivity index (χ3n) is 3.82. The summed E-state index contributed by atoms with van der Waals surface area (Å²) in [6.07, 6.45) is 4.85. The minimum absolute atomic E-state index is 0.00823. The van der Waals surface area contributed by atoms with Crippen LogP contribution in [0.15, 0.2) is 30.3 Å². The third kappa shape index (κ3) is 7.56. The molecule has 0 radical (unpaired) electrons. The lowest BCUT2D eigenvalue weighted by molar-refractivity contribution is -0.120. The maximum Gasteiger partial charge on any atom is 0.232 e. The number of carbonyl (C=O) groups excluding carboxylic acids is 1. The molecule has 0 aliphatic heterocycles. The molecule has 1 amide bonds. The number of thioether (sulfide) groups is 1. The molecule has 3 heteroatoms. The van der Waals surface area contributed by atoms with Gasteiger partial charge in [0.25, 0.3) is 0 Å². The van der Waals surface area contributed by atoms with Crippen LogP contribution in [0.3, 0.4) is 0 Å². The van der Waals surface area contributed by atoms with Crippen molar-refractivity contribution in [3.05, 3.63) is 35.9 Å². The summed E-state index contributed by atoms with van der Waals surface area (Å²) in [5.74, 6) is 1.69. The summed E-state index contributed by atoms with van der Waals surface area (Å²) in [5.41, 5.74) is 1.27. The molecule has 0 heterocycles. The van der Waals surface area contributed by atoms with E-state index in [1.165, 1.54) is 24.8 Å². The molecule has 118 valence electrons. The number of hydrogen-bond donors (Lipinski definition) is 1. The molecule has 0 fully saturated rings. The van der Waals surface area contributed by atoms with E-state index in [2.05, 4.69) is 31.3 Å². The maximum absolute atomic E-state index is 12.1. The van der Waals surface area contributed by atoms with Gasteiger partial charge in [0.2, 0.25) is 5.91 Å². The van der Waals surface area contributed by atoms with E-state index < -0.39 is 0 Å². The van der Waals surface area contributed by atoms with Crippen LogP contribution in [0, 0.1) is 5.92 Å². The highest BCUT2D eigenvalue weighted by molar-refractivity contribution is 7.99. The molecule has 0 aromatic heterocycles. The fourth-order valence-electron chi connectivity index (χ4n) is 2.20. The zero-order chi connectivity index (χ0) is 15.5. The zero-order valence-corrected chi connectivity index (χ0v) is 14.4. The van der Waals surface area contributed by atoms with E-state index in [0.29, 0.717) is 5.92 Å². The summed E-state index contributed by atoms with van der Waals surface area (Å²) < 4.78 is 0. The van der Waals surface area contributed by atoms with Crippen molar-refractivity contribution in [3.8, 4) is 0 Å². The van der Waals surface area contributed by atoms with Gasteiger partial charge in [-0.3, -0.25) is 4.79 Å². The Kier molecular flexibility index (Phi) is 9.24. The van der Waals surface area contributed by atoms with Crippen molar-refractivity contribution in [3.63, 3.8) is 0 Å². The molecule has 0 unspecified atom stereocenters. The Bertz CT molecular complexity index is 393. The third-order valence-corrected chi connectivity index (χ3v) is 5.03. The van der Waals surface area contributed by atoms with Crippen LogP contribution >= 0.6 is 11.8 Å². The maximum atomic E-state index is 12.1. The van der Waals surface area contributed by atoms with Crippen molar-refractivity contribution in [2.75, 3.05) is 6.54 Å². The van der Waals surface area contributed by atoms with E-state index in [4.69, 9.17) is 0 Å². The highest BCUT2D eigenvalue weighted by Gasteiger charge is 2.15. The molecule has 21 heavy (non-hydrogen) atoms. The van der Waals surface area contributed by atoms with Gasteiger partial charge in [0, 0.05) is 12.3 Å². The molecule has 0 saturated heterocycles. The largest absolute Gasteiger partial charge is 0.355 e. The predicted molar refractivity (Wildman–Crippen MR) is 93.5 cm³/mol. The van der Waals surface area contributed by atoms with Gasteiger partial charge in [-0.2, -0.15) is 0 Å². The summed E-state index contributed by atoms with van der Waals surface area (Å²) in [7, 11) is 0. The quantitative estimate of drug-likeness (QED) is 0.682. The van der Waals surface area contributed by atoms with Crippen molar-refractivity contribution in [1.29, 1.82) is 0 Å². The molecule has 1 aromatic rings. The Labute approximate surface area is 134 Å². The highest BCUT2D eigenvalue weighted by Crippen LogP contribution is 2.18. The molecule has 0 aliphatic carbocycles. The Morgan fingerprint density at radius 1 is 1.24 bits per heavy atom. The molecule has 1 N–H and O–H groups in total. The van der Waals surface area contributed by atoms with Crippen LogP contribution in [0.25, 0.3) is 0 Å². The lowest BCUT2D eigenvalue weighted by Gasteiger charge is -2.17. The topological polar surface area (TPSA) is 29.1 Å². The smallest absolute Gasteiger partial charge is 0.232 e. The first-order chi connectivity index (χ1) is 10.2. The van der Waals surface area contributed by atoms with Crippen molar-refractivity contribution < 1.29 is 4.79 Å². The Morgan fingerprint density at radius 2 is 1.95 bits per heavy atom. The summed E-state index contributed by atoms with van der Waals surface area (Å²) in [5, 5.41) is 3.13. The van der Waals surface area contributed by atoms with E-state index in [1.54, 1.807) is 11.8 Å². The van der Waals surface area contributed by atoms with Crippen molar-refractivity contribution in [1.82, 2.24) is 5.32 Å². The Morgan fingerprint density at radius 3 is 2.57 bits per heavy atom. The molecule has 2 atom stereocenters. The van der Waals surface area contributed by atoms with Gasteiger partial charge in [0.05, 0.1) is 5.25 Å². The van der Waals surface area contributed by atoms with E-state index in [1.807, 2.05) is 25.1 Å². The monoisotopic (exact) mass is 307 g/mol. The number of hydrogen-bond acceptors (Lipinski definition) is 2. The van der Waals surface area contributed by atoms with Gasteiger partial charge < -0.3 is 5.32 Å². The van der Waals surface area contributed by atoms with Gasteiger partial charge >= 0.3 is 0 Å². The van der Waals surface area contributed by atoms with Gasteiger partial charge in [-0.15, -0.1) is 11.8 Å². The highest BCUT2D eigenvalue weighted by atomic mass is 32.2. The van der Waals surface area contributed by atoms with Gasteiger partial charge in [-0.1, -0.05) is 63.4 Å². The number of nitrogens with one attached hydrogen (secondary N) is 1. The first kappa shape index (κ1) is 18.1. The minimum atomic E-state index is 0.00823. The van der Waals surface area contributed by atoms with Gasteiger partial charge in [0.15, 0.2) is 0 Å². The van der Waals surface area contributed by atoms with Crippen LogP contribution in [0.4, 0.5) is 0 Å². The second-order valence-corrected chi connectivity index (χ2v) is 6.93. The average molecular weight is 308 g/mol. The molecule has 1 rings (SSSR count). The number of unbranched alkanes of at least 4 members (excludes halogenated alkanes) is 1. The lowest BCUT2D eigenvalue weighted by Crippen LogP contribution is -2.34. The summed E-state index contributed by atoms with van der Waals surface area (Å²) in [6.45, 7) is 7.25. The fraction of sp³-hybridized carbons (Fsp3) is 0.611. The van der Waals surface area contributed by atoms with Gasteiger partial charge in [-0.05, 0) is 24.8 Å². The minimum Gasteiger partial charge on any atom is -0.355 e. The van der Waals surface area contributed by atoms with Crippen molar-refractivity contribution >= 4 is 17.7 Å². The van der Waals surface area contributed by atoms with Crippen LogP contribution in [0.1, 0.15) is 52.0 Å². The van der Waals surface area contributed by atoms with Crippen LogP contribution in [-0.2, 0) is 10.5 Å². The lowest BCUT2D eigenvalue weighted by atomic mass is 9.99. The number of rotatable bonds is 10. The van der Waals surface area contributed by atoms with Crippen molar-refractivity contribution in [2.45, 2.75) is 57.5 Å². The summed E-state index contributed by atoms with van der Waals surface area (Å²) in [4.78, 5) is 12.1. The van der Waals surface area contributed by atoms with E-state index >= 15 is 0 Å². The molecular weight excluding hydrogens is 278 g/mol. The predicted octanol–water partition coefficient (Wildman–Crippen LogP) is 4.64. The molecular formula is C18H29NOS. The average Bonchev–Trinajstić information content (AvgIpc) is 2.53. The fourth-order valence-corrected chi connectivity index (χ4v) is 3.07. The number of benzene rings is 1. The molecule has 0 spiro atoms. The standard InChI is InChI=1S/C18H29NOS/c1-4-6-10-16(5-2)13-19-18(20)15(3)21-14-17-11-8-7-9-12-17/h7-9,11-12,15-16H,4-6,10,13-14H2,1-3H3,(H,19,20)/t15-,16-/m1/s1. The number of amides is 1. The Hall–Kier alpha value is -0.960. The molecule has 1 aromatic carbocycles. The van der Waals surface area contributed by atoms with Crippen molar-refractivity contribution in [2.24, 2.45) is 5.92 Å². The number of carbonyl (C=O) groups is 1. The van der Waals surface area contributed by atoms with Gasteiger partial charge in [-0.25, -0.2) is 0 Å². The first-order valence-electron chi connectivity index (χ1n) is 8.10. The molecule has 2 nitrogen and oxygen atoms in total. The molecule has 0 bridgehead atoms. The first-order valence-corrected chi connectivity index (χ1v) is 9.15. The van der Waals surface area contributed by atoms with Crippen LogP contribution in [-0.4, -0.2) is 17.7 Å². The van der Waals surface area contributed by atoms with E-state index in [0.717, 1.165) is 18.7 Å². The molecule has 0 aliphatic rings. The normalized spacial score (nSPS) is 13.7. The van der Waals surface area contributed by atoms with Gasteiger partial charge in [0.1, 0.15) is 0 Å². The Balaban J connectivity index is 2.27. The van der Waals surface area contributed by atoms with E-state index in [-0.39, 0.29) is 11.2 Å². The van der Waals surface area contributed by atoms with Crippen LogP contribution < -0.4 is 5.32 Å². The second kappa shape index (κ2) is 10.7. The van der Waals surface area contributed by atoms with E-state index in [9.17, 15) is 4.79 Å². The van der Waals surface area contributed by atoms with Crippen LogP contribution in [0.2, 0.25) is 0 Å². The SMILES string of the molecule is CCCC[C@@H](CC)CNC(=O)[C@@H](C)SCc1ccccc1. The zero-order valence-electron chi connectivity index (χ0n) is 13.6. The van der Waals surface area contributed by atoms with Crippen LogP contribution in [0.5, 0.6) is 0 Å². The summed E-state index contributed by atoms with van der Waals surface area (Å²) >= 11 is 1.70.